The highest BCUT2D eigenvalue weighted by Gasteiger charge is 2.39. The first-order valence-corrected chi connectivity index (χ1v) is 12.7. The molecule has 0 spiro atoms. The van der Waals surface area contributed by atoms with Gasteiger partial charge in [-0.3, -0.25) is 9.59 Å². The number of amides is 2. The molecule has 0 unspecified atom stereocenters. The molecule has 3 aromatic rings. The number of nitrogens with zero attached hydrogens (tertiary/aromatic N) is 3. The minimum atomic E-state index is -0.293. The van der Waals surface area contributed by atoms with Crippen molar-refractivity contribution >= 4 is 51.9 Å². The maximum atomic E-state index is 12.6. The average Bonchev–Trinajstić information content (AvgIpc) is 3.29. The molecule has 4 rings (SSSR count). The number of benzene rings is 2. The molecule has 1 fully saturated rings. The van der Waals surface area contributed by atoms with Gasteiger partial charge in [0.25, 0.3) is 0 Å². The summed E-state index contributed by atoms with van der Waals surface area (Å²) in [6.45, 7) is 3.52. The van der Waals surface area contributed by atoms with Crippen LogP contribution in [0.1, 0.15) is 12.8 Å². The maximum Gasteiger partial charge on any atom is 0.243 e. The van der Waals surface area contributed by atoms with Gasteiger partial charge in [-0.25, -0.2) is 9.97 Å². The second kappa shape index (κ2) is 11.4. The minimum Gasteiger partial charge on any atom is -0.495 e. The highest BCUT2D eigenvalue weighted by molar-refractivity contribution is 6.41. The second-order valence-corrected chi connectivity index (χ2v) is 9.98. The fourth-order valence-electron chi connectivity index (χ4n) is 4.73. The van der Waals surface area contributed by atoms with Gasteiger partial charge in [-0.1, -0.05) is 35.8 Å². The summed E-state index contributed by atoms with van der Waals surface area (Å²) < 4.78 is 10.8. The number of aromatic nitrogens is 2. The summed E-state index contributed by atoms with van der Waals surface area (Å²) in [5, 5.41) is 7.74. The highest BCUT2D eigenvalue weighted by Crippen LogP contribution is 2.46. The molecular formula is C27H29Cl2N5O4. The van der Waals surface area contributed by atoms with Crippen LogP contribution in [-0.2, 0) is 9.59 Å². The van der Waals surface area contributed by atoms with Crippen molar-refractivity contribution in [3.8, 4) is 22.6 Å². The van der Waals surface area contributed by atoms with Crippen LogP contribution in [0.2, 0.25) is 10.0 Å². The Kier molecular flexibility index (Phi) is 8.28. The van der Waals surface area contributed by atoms with Crippen molar-refractivity contribution in [3.63, 3.8) is 0 Å². The van der Waals surface area contributed by atoms with Crippen molar-refractivity contribution in [2.24, 2.45) is 5.92 Å². The van der Waals surface area contributed by atoms with Crippen LogP contribution >= 0.6 is 23.2 Å². The number of carbonyl (C=O) groups is 2. The van der Waals surface area contributed by atoms with Crippen molar-refractivity contribution in [1.29, 1.82) is 0 Å². The molecule has 200 valence electrons. The third-order valence-electron chi connectivity index (χ3n) is 6.62. The van der Waals surface area contributed by atoms with Crippen LogP contribution in [0, 0.1) is 5.92 Å². The summed E-state index contributed by atoms with van der Waals surface area (Å²) >= 11 is 13.2. The molecular weight excluding hydrogens is 529 g/mol. The van der Waals surface area contributed by atoms with Crippen LogP contribution in [0.4, 0.5) is 5.95 Å². The first-order chi connectivity index (χ1) is 18.2. The molecule has 1 heterocycles. The lowest BCUT2D eigenvalue weighted by atomic mass is 10.0. The lowest BCUT2D eigenvalue weighted by Gasteiger charge is -2.21. The molecule has 0 bridgehead atoms. The van der Waals surface area contributed by atoms with Crippen molar-refractivity contribution in [3.05, 3.63) is 53.2 Å². The van der Waals surface area contributed by atoms with Crippen LogP contribution in [0.15, 0.2) is 43.1 Å². The van der Waals surface area contributed by atoms with E-state index in [1.165, 1.54) is 20.3 Å². The molecule has 0 aliphatic heterocycles. The largest absolute Gasteiger partial charge is 0.495 e. The number of hydrogen-bond donors (Lipinski definition) is 2. The van der Waals surface area contributed by atoms with E-state index in [-0.39, 0.29) is 29.8 Å². The molecule has 2 amide bonds. The van der Waals surface area contributed by atoms with Crippen LogP contribution in [0.5, 0.6) is 11.5 Å². The summed E-state index contributed by atoms with van der Waals surface area (Å²) in [7, 11) is 6.50. The highest BCUT2D eigenvalue weighted by atomic mass is 35.5. The van der Waals surface area contributed by atoms with Gasteiger partial charge in [-0.2, -0.15) is 0 Å². The fraction of sp³-hybridized carbons (Fsp3) is 0.333. The average molecular weight is 558 g/mol. The summed E-state index contributed by atoms with van der Waals surface area (Å²) in [6, 6.07) is 6.73. The zero-order valence-electron chi connectivity index (χ0n) is 21.5. The van der Waals surface area contributed by atoms with E-state index in [9.17, 15) is 9.59 Å². The Morgan fingerprint density at radius 2 is 1.74 bits per heavy atom. The van der Waals surface area contributed by atoms with E-state index in [1.807, 2.05) is 18.2 Å². The van der Waals surface area contributed by atoms with E-state index in [2.05, 4.69) is 27.2 Å². The van der Waals surface area contributed by atoms with E-state index >= 15 is 0 Å². The Morgan fingerprint density at radius 1 is 1.08 bits per heavy atom. The number of carbonyl (C=O) groups excluding carboxylic acids is 2. The van der Waals surface area contributed by atoms with E-state index in [0.717, 1.165) is 10.9 Å². The van der Waals surface area contributed by atoms with Gasteiger partial charge in [0.15, 0.2) is 0 Å². The van der Waals surface area contributed by atoms with Crippen LogP contribution < -0.4 is 20.1 Å². The van der Waals surface area contributed by atoms with Crippen molar-refractivity contribution < 1.29 is 19.1 Å². The first-order valence-electron chi connectivity index (χ1n) is 11.9. The molecule has 11 heteroatoms. The summed E-state index contributed by atoms with van der Waals surface area (Å²) in [5.41, 5.74) is 2.03. The lowest BCUT2D eigenvalue weighted by Crippen LogP contribution is -2.43. The number of nitrogens with one attached hydrogen (secondary N) is 2. The zero-order chi connectivity index (χ0) is 27.6. The summed E-state index contributed by atoms with van der Waals surface area (Å²) in [4.78, 5) is 35.3. The summed E-state index contributed by atoms with van der Waals surface area (Å²) in [5.74, 6) is 0.781. The molecule has 0 radical (unpaired) electrons. The molecule has 38 heavy (non-hydrogen) atoms. The van der Waals surface area contributed by atoms with Gasteiger partial charge in [0.05, 0.1) is 41.9 Å². The number of methoxy groups -OCH3 is 2. The van der Waals surface area contributed by atoms with Gasteiger partial charge in [-0.05, 0) is 36.6 Å². The number of halogens is 2. The van der Waals surface area contributed by atoms with Crippen LogP contribution in [-0.4, -0.2) is 67.1 Å². The van der Waals surface area contributed by atoms with Gasteiger partial charge in [-0.15, -0.1) is 0 Å². The molecule has 3 atom stereocenters. The number of fused-ring (bicyclic) bond motifs is 1. The van der Waals surface area contributed by atoms with Crippen LogP contribution in [0.3, 0.4) is 0 Å². The Hall–Kier alpha value is -3.56. The van der Waals surface area contributed by atoms with E-state index < -0.39 is 0 Å². The Morgan fingerprint density at radius 3 is 2.34 bits per heavy atom. The normalized spacial score (nSPS) is 18.6. The molecule has 2 N–H and O–H groups in total. The van der Waals surface area contributed by atoms with Gasteiger partial charge in [0.1, 0.15) is 11.5 Å². The molecule has 1 aromatic heterocycles. The Labute approximate surface area is 231 Å². The quantitative estimate of drug-likeness (QED) is 0.391. The number of anilines is 1. The fourth-order valence-corrected chi connectivity index (χ4v) is 5.45. The number of rotatable bonds is 8. The van der Waals surface area contributed by atoms with E-state index in [1.54, 1.807) is 31.3 Å². The van der Waals surface area contributed by atoms with Gasteiger partial charge < -0.3 is 25.0 Å². The lowest BCUT2D eigenvalue weighted by molar-refractivity contribution is -0.132. The van der Waals surface area contributed by atoms with Gasteiger partial charge in [0, 0.05) is 43.2 Å². The number of ether oxygens (including phenoxy) is 2. The van der Waals surface area contributed by atoms with Crippen molar-refractivity contribution in [2.45, 2.75) is 24.9 Å². The van der Waals surface area contributed by atoms with Crippen molar-refractivity contribution in [2.75, 3.05) is 33.6 Å². The molecule has 0 saturated heterocycles. The second-order valence-electron chi connectivity index (χ2n) is 9.22. The van der Waals surface area contributed by atoms with E-state index in [0.29, 0.717) is 51.4 Å². The third-order valence-corrected chi connectivity index (χ3v) is 7.37. The first kappa shape index (κ1) is 27.5. The number of hydrogen-bond acceptors (Lipinski definition) is 7. The maximum absolute atomic E-state index is 12.6. The topological polar surface area (TPSA) is 106 Å². The molecule has 1 aliphatic rings. The van der Waals surface area contributed by atoms with Crippen molar-refractivity contribution in [1.82, 2.24) is 20.2 Å². The van der Waals surface area contributed by atoms with Gasteiger partial charge in [0.2, 0.25) is 17.8 Å². The van der Waals surface area contributed by atoms with Crippen LogP contribution in [0.25, 0.3) is 22.0 Å². The zero-order valence-corrected chi connectivity index (χ0v) is 23.1. The van der Waals surface area contributed by atoms with E-state index in [4.69, 9.17) is 32.7 Å². The Balaban J connectivity index is 1.63. The predicted molar refractivity (Wildman–Crippen MR) is 149 cm³/mol. The monoisotopic (exact) mass is 557 g/mol. The minimum absolute atomic E-state index is 0.0191. The Bertz CT molecular complexity index is 1370. The molecule has 1 aliphatic carbocycles. The SMILES string of the molecule is C=CC(=O)N[C@H]1C[C@@H](C(=O)N(C)C)C[C@H]1Nc1ncc2cc(-c3c(Cl)c(OC)cc(OC)c3Cl)ccc2n1. The predicted octanol–water partition coefficient (Wildman–Crippen LogP) is 4.57. The molecule has 2 aromatic carbocycles. The molecule has 1 saturated carbocycles. The third kappa shape index (κ3) is 5.49. The van der Waals surface area contributed by atoms with Gasteiger partial charge >= 0.3 is 0 Å². The standard InChI is InChI=1S/C27H29Cl2N5O4/c1-6-22(35)31-18-10-15(26(36)34(2)3)11-19(18)33-27-30-13-16-9-14(7-8-17(16)32-27)23-24(28)20(37-4)12-21(38-5)25(23)29/h6-9,12-13,15,18-19H,1,10-11H2,2-5H3,(H,31,35)(H,30,32,33)/t15-,18+,19-/m1/s1. The smallest absolute Gasteiger partial charge is 0.243 e. The summed E-state index contributed by atoms with van der Waals surface area (Å²) in [6.07, 6.45) is 3.96. The molecule has 9 nitrogen and oxygen atoms in total.